The second-order valence-electron chi connectivity index (χ2n) is 19.4. The van der Waals surface area contributed by atoms with Gasteiger partial charge in [0.1, 0.15) is 0 Å². The lowest BCUT2D eigenvalue weighted by atomic mass is 9.87. The number of hydrogen-bond acceptors (Lipinski definition) is 5. The summed E-state index contributed by atoms with van der Waals surface area (Å²) in [6.07, 6.45) is 1.86. The second-order valence-corrected chi connectivity index (χ2v) is 19.4. The lowest BCUT2D eigenvalue weighted by Gasteiger charge is -2.17. The van der Waals surface area contributed by atoms with Crippen LogP contribution in [0.25, 0.3) is 143 Å². The van der Waals surface area contributed by atoms with Gasteiger partial charge in [-0.15, -0.1) is 0 Å². The average molecular weight is 964 g/mol. The Morgan fingerprint density at radius 1 is 0.303 bits per heavy atom. The molecular weight excluding hydrogens is 923 g/mol. The Morgan fingerprint density at radius 3 is 1.62 bits per heavy atom. The average Bonchev–Trinajstić information content (AvgIpc) is 3.52. The van der Waals surface area contributed by atoms with Gasteiger partial charge in [0.25, 0.3) is 0 Å². The number of hydrogen-bond donors (Lipinski definition) is 0. The van der Waals surface area contributed by atoms with E-state index in [0.717, 1.165) is 137 Å². The van der Waals surface area contributed by atoms with Crippen LogP contribution in [0.4, 0.5) is 0 Å². The molecule has 2 aromatic heterocycles. The Morgan fingerprint density at radius 2 is 0.842 bits per heavy atom. The zero-order valence-corrected chi connectivity index (χ0v) is 40.9. The van der Waals surface area contributed by atoms with E-state index in [2.05, 4.69) is 206 Å². The molecule has 0 saturated heterocycles. The lowest BCUT2D eigenvalue weighted by Crippen LogP contribution is -1.96. The fourth-order valence-electron chi connectivity index (χ4n) is 11.2. The summed E-state index contributed by atoms with van der Waals surface area (Å²) < 4.78 is 0. The highest BCUT2D eigenvalue weighted by Gasteiger charge is 2.19. The van der Waals surface area contributed by atoms with E-state index in [1.807, 2.05) is 54.7 Å². The Balaban J connectivity index is 0.860. The fraction of sp³-hybridized carbons (Fsp3) is 0. The molecule has 5 nitrogen and oxygen atoms in total. The third-order valence-corrected chi connectivity index (χ3v) is 14.9. The monoisotopic (exact) mass is 963 g/mol. The maximum absolute atomic E-state index is 9.77. The van der Waals surface area contributed by atoms with Crippen LogP contribution in [0.2, 0.25) is 0 Å². The second kappa shape index (κ2) is 18.2. The molecule has 0 bridgehead atoms. The predicted molar refractivity (Wildman–Crippen MR) is 312 cm³/mol. The van der Waals surface area contributed by atoms with Crippen LogP contribution in [0.1, 0.15) is 11.1 Å². The van der Waals surface area contributed by atoms with E-state index >= 15 is 0 Å². The van der Waals surface area contributed by atoms with Crippen molar-refractivity contribution in [3.05, 3.63) is 260 Å². The van der Waals surface area contributed by atoms with Crippen LogP contribution in [-0.4, -0.2) is 15.0 Å². The molecule has 14 rings (SSSR count). The number of para-hydroxylation sites is 2. The normalized spacial score (nSPS) is 11.4. The van der Waals surface area contributed by atoms with Crippen LogP contribution in [0.5, 0.6) is 0 Å². The van der Waals surface area contributed by atoms with Crippen LogP contribution in [0.3, 0.4) is 0 Å². The first-order valence-corrected chi connectivity index (χ1v) is 25.3. The summed E-state index contributed by atoms with van der Waals surface area (Å²) in [7, 11) is 0. The van der Waals surface area contributed by atoms with E-state index in [9.17, 15) is 10.5 Å². The number of nitrogens with zero attached hydrogens (tertiary/aromatic N) is 5. The number of benzene rings is 12. The van der Waals surface area contributed by atoms with Gasteiger partial charge in [0.05, 0.1) is 40.0 Å². The van der Waals surface area contributed by atoms with Crippen LogP contribution in [0, 0.1) is 22.7 Å². The number of fused-ring (bicyclic) bond motifs is 6. The number of pyridine rings is 1. The van der Waals surface area contributed by atoms with Crippen molar-refractivity contribution in [1.82, 2.24) is 15.0 Å². The Labute approximate surface area is 438 Å². The van der Waals surface area contributed by atoms with Gasteiger partial charge in [-0.2, -0.15) is 10.5 Å². The molecule has 0 saturated carbocycles. The van der Waals surface area contributed by atoms with Crippen molar-refractivity contribution in [3.8, 4) is 90.4 Å². The smallest absolute Gasteiger partial charge is 0.161 e. The summed E-state index contributed by atoms with van der Waals surface area (Å²) >= 11 is 0. The SMILES string of the molecule is N#Cc1ccc(-c2cc(-c3ccc4c(-c5nc(-c6ccc7c(-c8ccc(C#N)cc8)c(-c8ccc9cc(-c%10cccc%11cccnc%10%11)ccc9c8)ccc7c6)c6ccccc6n5)cccc4c3)cc3ccccc23)cc1. The highest BCUT2D eigenvalue weighted by Crippen LogP contribution is 2.43. The fourth-order valence-corrected chi connectivity index (χ4v) is 11.2. The van der Waals surface area contributed by atoms with E-state index in [0.29, 0.717) is 17.0 Å². The number of aromatic nitrogens is 3. The Hall–Kier alpha value is -10.6. The first kappa shape index (κ1) is 44.1. The predicted octanol–water partition coefficient (Wildman–Crippen LogP) is 18.2. The highest BCUT2D eigenvalue weighted by atomic mass is 14.9. The molecule has 0 radical (unpaired) electrons. The van der Waals surface area contributed by atoms with Crippen LogP contribution in [0.15, 0.2) is 249 Å². The van der Waals surface area contributed by atoms with E-state index in [4.69, 9.17) is 15.0 Å². The van der Waals surface area contributed by atoms with Gasteiger partial charge in [0.15, 0.2) is 5.82 Å². The lowest BCUT2D eigenvalue weighted by molar-refractivity contribution is 1.23. The molecule has 0 atom stereocenters. The van der Waals surface area contributed by atoms with Gasteiger partial charge >= 0.3 is 0 Å². The summed E-state index contributed by atoms with van der Waals surface area (Å²) in [4.78, 5) is 15.4. The van der Waals surface area contributed by atoms with Gasteiger partial charge in [-0.3, -0.25) is 4.98 Å². The molecule has 350 valence electrons. The van der Waals surface area contributed by atoms with Crippen LogP contribution < -0.4 is 0 Å². The van der Waals surface area contributed by atoms with Crippen molar-refractivity contribution in [2.75, 3.05) is 0 Å². The molecule has 0 aliphatic heterocycles. The standard InChI is InChI=1S/C71H41N5/c72-42-44-17-21-46(22-18-44)66-41-58(40-52-8-1-2-12-59(52)66)51-29-32-60-53(38-51)10-6-15-64(60)71-75-67-16-4-3-13-65(67)70(76-71)57-31-34-62-55(39-57)30-33-61(68(62)47-23-19-45(43-73)20-24-47)54-27-25-50-37-56(28-26-49(50)36-54)63-14-5-9-48-11-7-35-74-69(48)63/h1-41H. The molecule has 12 aromatic carbocycles. The Bertz CT molecular complexity index is 4770. The van der Waals surface area contributed by atoms with Crippen molar-refractivity contribution < 1.29 is 0 Å². The highest BCUT2D eigenvalue weighted by molar-refractivity contribution is 6.08. The van der Waals surface area contributed by atoms with Crippen molar-refractivity contribution >= 4 is 64.9 Å². The molecule has 76 heavy (non-hydrogen) atoms. The first-order valence-electron chi connectivity index (χ1n) is 25.3. The van der Waals surface area contributed by atoms with E-state index in [1.54, 1.807) is 0 Å². The van der Waals surface area contributed by atoms with Crippen molar-refractivity contribution in [1.29, 1.82) is 10.5 Å². The van der Waals surface area contributed by atoms with Crippen LogP contribution in [-0.2, 0) is 0 Å². The molecule has 14 aromatic rings. The third kappa shape index (κ3) is 7.67. The van der Waals surface area contributed by atoms with Gasteiger partial charge in [0, 0.05) is 33.7 Å². The molecule has 0 fully saturated rings. The third-order valence-electron chi connectivity index (χ3n) is 14.9. The van der Waals surface area contributed by atoms with Crippen molar-refractivity contribution in [2.24, 2.45) is 0 Å². The van der Waals surface area contributed by atoms with E-state index < -0.39 is 0 Å². The molecule has 0 aliphatic carbocycles. The zero-order chi connectivity index (χ0) is 50.7. The quantitative estimate of drug-likeness (QED) is 0.159. The molecule has 0 N–H and O–H groups in total. The zero-order valence-electron chi connectivity index (χ0n) is 40.9. The minimum Gasteiger partial charge on any atom is -0.256 e. The molecule has 0 unspecified atom stereocenters. The molecule has 0 aliphatic rings. The van der Waals surface area contributed by atoms with Gasteiger partial charge in [-0.05, 0) is 166 Å². The summed E-state index contributed by atoms with van der Waals surface area (Å²) in [5.74, 6) is 0.659. The topological polar surface area (TPSA) is 86.2 Å². The molecule has 0 amide bonds. The largest absolute Gasteiger partial charge is 0.256 e. The van der Waals surface area contributed by atoms with Gasteiger partial charge in [-0.1, -0.05) is 170 Å². The maximum Gasteiger partial charge on any atom is 0.161 e. The van der Waals surface area contributed by atoms with Gasteiger partial charge in [-0.25, -0.2) is 9.97 Å². The van der Waals surface area contributed by atoms with Crippen molar-refractivity contribution in [2.45, 2.75) is 0 Å². The van der Waals surface area contributed by atoms with Crippen LogP contribution >= 0.6 is 0 Å². The summed E-state index contributed by atoms with van der Waals surface area (Å²) in [6, 6.07) is 89.5. The maximum atomic E-state index is 9.77. The van der Waals surface area contributed by atoms with Crippen molar-refractivity contribution in [3.63, 3.8) is 0 Å². The number of nitriles is 2. The van der Waals surface area contributed by atoms with E-state index in [-0.39, 0.29) is 0 Å². The summed E-state index contributed by atoms with van der Waals surface area (Å²) in [6.45, 7) is 0. The first-order chi connectivity index (χ1) is 37.5. The summed E-state index contributed by atoms with van der Waals surface area (Å²) in [5.41, 5.74) is 16.9. The minimum absolute atomic E-state index is 0.619. The van der Waals surface area contributed by atoms with Gasteiger partial charge in [0.2, 0.25) is 0 Å². The minimum atomic E-state index is 0.619. The molecular formula is C71H41N5. The molecule has 5 heteroatoms. The molecule has 0 spiro atoms. The molecule has 2 heterocycles. The van der Waals surface area contributed by atoms with E-state index in [1.165, 1.54) is 0 Å². The summed E-state index contributed by atoms with van der Waals surface area (Å²) in [5, 5.41) is 30.3. The number of rotatable bonds is 7. The van der Waals surface area contributed by atoms with Gasteiger partial charge < -0.3 is 0 Å². The Kier molecular flexibility index (Phi) is 10.5.